The molecule has 182 valence electrons. The van der Waals surface area contributed by atoms with Crippen molar-refractivity contribution in [1.29, 1.82) is 0 Å². The minimum Gasteiger partial charge on any atom is -0.467 e. The Morgan fingerprint density at radius 1 is 0.971 bits per heavy atom. The lowest BCUT2D eigenvalue weighted by Crippen LogP contribution is -2.43. The summed E-state index contributed by atoms with van der Waals surface area (Å²) in [5.41, 5.74) is 2.31. The number of benzene rings is 1. The summed E-state index contributed by atoms with van der Waals surface area (Å²) >= 11 is 1.38. The number of piperidine rings is 1. The number of sulfone groups is 1. The van der Waals surface area contributed by atoms with Crippen LogP contribution in [0, 0.1) is 5.92 Å². The molecule has 0 N–H and O–H groups in total. The molecule has 3 aromatic rings. The summed E-state index contributed by atoms with van der Waals surface area (Å²) in [4.78, 5) is 10.3. The molecule has 1 saturated heterocycles. The molecular weight excluding hydrogens is 494 g/mol. The number of hydrogen-bond donors (Lipinski definition) is 0. The molecule has 34 heavy (non-hydrogen) atoms. The largest absolute Gasteiger partial charge is 0.467 e. The number of thiazole rings is 1. The lowest BCUT2D eigenvalue weighted by Gasteiger charge is -2.33. The zero-order valence-electron chi connectivity index (χ0n) is 19.0. The summed E-state index contributed by atoms with van der Waals surface area (Å²) in [7, 11) is -6.35. The molecule has 1 aromatic carbocycles. The van der Waals surface area contributed by atoms with Crippen molar-refractivity contribution in [3.63, 3.8) is 0 Å². The Balaban J connectivity index is 1.25. The fourth-order valence-electron chi connectivity index (χ4n) is 4.31. The summed E-state index contributed by atoms with van der Waals surface area (Å²) < 4.78 is 56.1. The van der Waals surface area contributed by atoms with Crippen molar-refractivity contribution in [2.24, 2.45) is 5.92 Å². The van der Waals surface area contributed by atoms with Gasteiger partial charge in [-0.25, -0.2) is 31.1 Å². The van der Waals surface area contributed by atoms with E-state index in [0.717, 1.165) is 47.3 Å². The van der Waals surface area contributed by atoms with Crippen molar-refractivity contribution in [2.45, 2.75) is 48.9 Å². The standard InChI is InChI=1S/C23H27N3O5S3/c1-15(16-11-13-26(14-12-16)34(29,30)19-7-8-19)31-23-25-21-10-9-20(24-22(21)32-23)17-3-5-18(6-4-17)33(2,27)28/h3-6,9-10,15-16,19H,7-8,11-14H2,1-2H3. The third-order valence-electron chi connectivity index (χ3n) is 6.57. The van der Waals surface area contributed by atoms with E-state index in [1.54, 1.807) is 28.6 Å². The van der Waals surface area contributed by atoms with E-state index in [9.17, 15) is 16.8 Å². The minimum atomic E-state index is -3.24. The maximum absolute atomic E-state index is 12.5. The van der Waals surface area contributed by atoms with Gasteiger partial charge < -0.3 is 4.74 Å². The molecule has 2 aromatic heterocycles. The van der Waals surface area contributed by atoms with Gasteiger partial charge in [0.2, 0.25) is 10.0 Å². The SMILES string of the molecule is CC(Oc1nc2ccc(-c3ccc(S(C)(=O)=O)cc3)nc2s1)C1CCN(S(=O)(=O)C2CC2)CC1. The molecule has 1 atom stereocenters. The zero-order valence-corrected chi connectivity index (χ0v) is 21.5. The first kappa shape index (κ1) is 23.7. The van der Waals surface area contributed by atoms with Gasteiger partial charge in [0.1, 0.15) is 16.5 Å². The number of hydrogen-bond acceptors (Lipinski definition) is 8. The molecule has 1 aliphatic carbocycles. The van der Waals surface area contributed by atoms with E-state index in [2.05, 4.69) is 4.98 Å². The van der Waals surface area contributed by atoms with Gasteiger partial charge in [0.25, 0.3) is 5.19 Å². The molecule has 0 spiro atoms. The fraction of sp³-hybridized carbons (Fsp3) is 0.478. The lowest BCUT2D eigenvalue weighted by atomic mass is 9.93. The smallest absolute Gasteiger partial charge is 0.276 e. The van der Waals surface area contributed by atoms with Crippen LogP contribution in [0.4, 0.5) is 0 Å². The van der Waals surface area contributed by atoms with E-state index < -0.39 is 19.9 Å². The van der Waals surface area contributed by atoms with Crippen LogP contribution < -0.4 is 4.74 Å². The first-order chi connectivity index (χ1) is 16.1. The van der Waals surface area contributed by atoms with Crippen LogP contribution in [-0.2, 0) is 19.9 Å². The van der Waals surface area contributed by atoms with Gasteiger partial charge in [0.15, 0.2) is 9.84 Å². The maximum atomic E-state index is 12.5. The summed E-state index contributed by atoms with van der Waals surface area (Å²) in [5, 5.41) is 0.392. The molecule has 1 unspecified atom stereocenters. The molecule has 1 saturated carbocycles. The highest BCUT2D eigenvalue weighted by atomic mass is 32.2. The number of sulfonamides is 1. The molecule has 3 heterocycles. The molecule has 1 aliphatic heterocycles. The van der Waals surface area contributed by atoms with Gasteiger partial charge in [-0.15, -0.1) is 0 Å². The van der Waals surface area contributed by atoms with Crippen LogP contribution in [-0.4, -0.2) is 61.8 Å². The Morgan fingerprint density at radius 2 is 1.65 bits per heavy atom. The molecule has 0 amide bonds. The van der Waals surface area contributed by atoms with E-state index in [4.69, 9.17) is 9.72 Å². The topological polar surface area (TPSA) is 107 Å². The summed E-state index contributed by atoms with van der Waals surface area (Å²) in [6.45, 7) is 3.13. The molecule has 8 nitrogen and oxygen atoms in total. The first-order valence-corrected chi connectivity index (χ1v) is 15.6. The average molecular weight is 522 g/mol. The second-order valence-corrected chi connectivity index (χ2v) is 14.3. The molecule has 11 heteroatoms. The van der Waals surface area contributed by atoms with Crippen LogP contribution in [0.25, 0.3) is 21.6 Å². The number of ether oxygens (including phenoxy) is 1. The van der Waals surface area contributed by atoms with Crippen LogP contribution in [0.15, 0.2) is 41.3 Å². The fourth-order valence-corrected chi connectivity index (χ4v) is 7.69. The van der Waals surface area contributed by atoms with Gasteiger partial charge in [-0.05, 0) is 62.8 Å². The second-order valence-electron chi connectivity index (χ2n) is 9.10. The predicted octanol–water partition coefficient (Wildman–Crippen LogP) is 3.73. The monoisotopic (exact) mass is 521 g/mol. The van der Waals surface area contributed by atoms with Crippen molar-refractivity contribution in [3.8, 4) is 16.5 Å². The van der Waals surface area contributed by atoms with E-state index in [-0.39, 0.29) is 22.2 Å². The molecular formula is C23H27N3O5S3. The maximum Gasteiger partial charge on any atom is 0.276 e. The van der Waals surface area contributed by atoms with Crippen LogP contribution >= 0.6 is 11.3 Å². The highest BCUT2D eigenvalue weighted by Crippen LogP contribution is 2.35. The van der Waals surface area contributed by atoms with E-state index in [1.165, 1.54) is 17.6 Å². The van der Waals surface area contributed by atoms with E-state index in [0.29, 0.717) is 18.3 Å². The number of nitrogens with zero attached hydrogens (tertiary/aromatic N) is 3. The normalized spacial score (nSPS) is 19.4. The van der Waals surface area contributed by atoms with Gasteiger partial charge in [0.05, 0.1) is 15.8 Å². The first-order valence-electron chi connectivity index (χ1n) is 11.3. The summed E-state index contributed by atoms with van der Waals surface area (Å²) in [6.07, 6.45) is 4.26. The quantitative estimate of drug-likeness (QED) is 0.466. The Morgan fingerprint density at radius 3 is 2.26 bits per heavy atom. The zero-order chi connectivity index (χ0) is 24.1. The highest BCUT2D eigenvalue weighted by Gasteiger charge is 2.41. The van der Waals surface area contributed by atoms with Crippen molar-refractivity contribution in [3.05, 3.63) is 36.4 Å². The van der Waals surface area contributed by atoms with Gasteiger partial charge >= 0.3 is 0 Å². The van der Waals surface area contributed by atoms with Gasteiger partial charge in [-0.1, -0.05) is 23.5 Å². The molecule has 2 fully saturated rings. The Bertz CT molecular complexity index is 1410. The van der Waals surface area contributed by atoms with Gasteiger partial charge in [-0.3, -0.25) is 0 Å². The van der Waals surface area contributed by atoms with Crippen molar-refractivity contribution in [1.82, 2.24) is 14.3 Å². The highest BCUT2D eigenvalue weighted by molar-refractivity contribution is 7.90. The van der Waals surface area contributed by atoms with Crippen molar-refractivity contribution in [2.75, 3.05) is 19.3 Å². The number of aromatic nitrogens is 2. The number of fused-ring (bicyclic) bond motifs is 1. The van der Waals surface area contributed by atoms with Crippen LogP contribution in [0.3, 0.4) is 0 Å². The summed E-state index contributed by atoms with van der Waals surface area (Å²) in [6, 6.07) is 10.4. The Labute approximate surface area is 204 Å². The van der Waals surface area contributed by atoms with E-state index in [1.807, 2.05) is 19.1 Å². The molecule has 5 rings (SSSR count). The third-order valence-corrected chi connectivity index (χ3v) is 11.0. The third kappa shape index (κ3) is 4.84. The van der Waals surface area contributed by atoms with Crippen LogP contribution in [0.1, 0.15) is 32.6 Å². The van der Waals surface area contributed by atoms with E-state index >= 15 is 0 Å². The molecule has 2 aliphatic rings. The van der Waals surface area contributed by atoms with Crippen molar-refractivity contribution < 1.29 is 21.6 Å². The van der Waals surface area contributed by atoms with Crippen molar-refractivity contribution >= 4 is 41.5 Å². The predicted molar refractivity (Wildman–Crippen MR) is 132 cm³/mol. The van der Waals surface area contributed by atoms with Gasteiger partial charge in [0, 0.05) is 24.9 Å². The summed E-state index contributed by atoms with van der Waals surface area (Å²) in [5.74, 6) is 0.273. The second kappa shape index (κ2) is 8.85. The Hall–Kier alpha value is -2.08. The number of rotatable bonds is 7. The number of pyridine rings is 1. The van der Waals surface area contributed by atoms with Crippen LogP contribution in [0.5, 0.6) is 5.19 Å². The molecule has 0 radical (unpaired) electrons. The minimum absolute atomic E-state index is 0.0747. The average Bonchev–Trinajstić information content (AvgIpc) is 3.60. The molecule has 0 bridgehead atoms. The van der Waals surface area contributed by atoms with Gasteiger partial charge in [-0.2, -0.15) is 0 Å². The van der Waals surface area contributed by atoms with Crippen LogP contribution in [0.2, 0.25) is 0 Å². The Kier molecular flexibility index (Phi) is 6.16. The lowest BCUT2D eigenvalue weighted by molar-refractivity contribution is 0.111.